The molecule has 1 aromatic carbocycles. The molecule has 12 nitrogen and oxygen atoms in total. The number of aromatic nitrogens is 2. The predicted octanol–water partition coefficient (Wildman–Crippen LogP) is 4.71. The number of carbonyl (C=O) groups excluding carboxylic acids is 2. The van der Waals surface area contributed by atoms with Crippen molar-refractivity contribution in [2.24, 2.45) is 11.1 Å². The molecule has 3 aromatic rings. The van der Waals surface area contributed by atoms with Crippen LogP contribution in [0.25, 0.3) is 0 Å². The van der Waals surface area contributed by atoms with Crippen LogP contribution in [0.1, 0.15) is 38.4 Å². The van der Waals surface area contributed by atoms with Crippen LogP contribution in [0.4, 0.5) is 16.5 Å². The molecule has 2 aliphatic rings. The van der Waals surface area contributed by atoms with E-state index in [2.05, 4.69) is 21.6 Å². The maximum absolute atomic E-state index is 13.5. The molecule has 0 saturated carbocycles. The van der Waals surface area contributed by atoms with Gasteiger partial charge in [0.25, 0.3) is 5.69 Å². The first-order valence-electron chi connectivity index (χ1n) is 12.1. The Morgan fingerprint density at radius 1 is 1.35 bits per heavy atom. The molecule has 1 atom stereocenters. The number of anilines is 2. The number of non-ortho nitro benzene ring substituents is 1. The fourth-order valence-corrected chi connectivity index (χ4v) is 6.52. The number of nitrogens with one attached hydrogen (secondary N) is 1. The molecule has 5 rings (SSSR count). The van der Waals surface area contributed by atoms with E-state index in [9.17, 15) is 25.0 Å². The number of nitriles is 1. The zero-order valence-electron chi connectivity index (χ0n) is 21.4. The Balaban J connectivity index is 1.41. The van der Waals surface area contributed by atoms with Crippen molar-refractivity contribution in [3.05, 3.63) is 81.2 Å². The predicted molar refractivity (Wildman–Crippen MR) is 148 cm³/mol. The molecular weight excluding hydrogens is 554 g/mol. The minimum atomic E-state index is -0.714. The van der Waals surface area contributed by atoms with Gasteiger partial charge in [0.05, 0.1) is 34.5 Å². The summed E-state index contributed by atoms with van der Waals surface area (Å²) in [4.78, 5) is 38.0. The highest BCUT2D eigenvalue weighted by Gasteiger charge is 2.46. The number of amides is 1. The molecule has 0 saturated heterocycles. The number of hydrogen-bond acceptors (Lipinski definition) is 12. The monoisotopic (exact) mass is 577 g/mol. The lowest BCUT2D eigenvalue weighted by Gasteiger charge is -2.42. The van der Waals surface area contributed by atoms with Crippen LogP contribution in [-0.2, 0) is 9.59 Å². The number of hydrogen-bond donors (Lipinski definition) is 2. The maximum atomic E-state index is 13.5. The van der Waals surface area contributed by atoms with Crippen LogP contribution in [0.2, 0.25) is 0 Å². The van der Waals surface area contributed by atoms with E-state index in [4.69, 9.17) is 10.2 Å². The number of carbonyl (C=O) groups is 2. The molecule has 3 N–H and O–H groups in total. The molecule has 204 valence electrons. The Hall–Kier alpha value is -4.48. The van der Waals surface area contributed by atoms with E-state index in [0.29, 0.717) is 45.0 Å². The number of nitro groups is 1. The van der Waals surface area contributed by atoms with Crippen LogP contribution in [0.15, 0.2) is 74.1 Å². The van der Waals surface area contributed by atoms with E-state index < -0.39 is 10.8 Å². The second kappa shape index (κ2) is 10.6. The van der Waals surface area contributed by atoms with Gasteiger partial charge in [0.15, 0.2) is 10.1 Å². The summed E-state index contributed by atoms with van der Waals surface area (Å²) in [6, 6.07) is 11.3. The van der Waals surface area contributed by atoms with Crippen molar-refractivity contribution in [1.82, 2.24) is 10.2 Å². The quantitative estimate of drug-likeness (QED) is 0.225. The molecule has 1 aliphatic carbocycles. The highest BCUT2D eigenvalue weighted by atomic mass is 32.2. The van der Waals surface area contributed by atoms with Crippen molar-refractivity contribution in [3.8, 4) is 6.07 Å². The number of ketones is 1. The fourth-order valence-electron chi connectivity index (χ4n) is 4.84. The van der Waals surface area contributed by atoms with E-state index in [-0.39, 0.29) is 39.9 Å². The van der Waals surface area contributed by atoms with Gasteiger partial charge in [-0.3, -0.25) is 24.6 Å². The topological polar surface area (TPSA) is 181 Å². The van der Waals surface area contributed by atoms with Crippen molar-refractivity contribution >= 4 is 51.3 Å². The summed E-state index contributed by atoms with van der Waals surface area (Å²) >= 11 is 2.30. The number of allylic oxidation sites excluding steroid dienone is 3. The molecule has 0 spiro atoms. The first kappa shape index (κ1) is 27.1. The SMILES string of the molecule is CC1(C)CC(=O)C2=C(C1)N(c1nnc(SCC(=O)Nc3cccc([N+](=O)[O-])c3)s1)C(N)=C(C#N)C2c1ccco1. The standard InChI is InChI=1S/C26H23N7O5S2/c1-26(2)10-17-22(18(34)11-26)21(19-7-4-8-38-19)16(12-27)23(28)32(17)24-30-31-25(40-24)39-13-20(35)29-14-5-3-6-15(9-14)33(36)37/h3-9,21H,10-11,13,28H2,1-2H3,(H,29,35). The fraction of sp³-hybridized carbons (Fsp3) is 0.269. The van der Waals surface area contributed by atoms with Gasteiger partial charge in [0.2, 0.25) is 11.0 Å². The van der Waals surface area contributed by atoms with Crippen molar-refractivity contribution in [3.63, 3.8) is 0 Å². The third kappa shape index (κ3) is 5.21. The van der Waals surface area contributed by atoms with Crippen LogP contribution >= 0.6 is 23.1 Å². The van der Waals surface area contributed by atoms with Crippen molar-refractivity contribution in [2.75, 3.05) is 16.0 Å². The van der Waals surface area contributed by atoms with Crippen LogP contribution in [0.5, 0.6) is 0 Å². The normalized spacial score (nSPS) is 18.4. The summed E-state index contributed by atoms with van der Waals surface area (Å²) in [7, 11) is 0. The minimum absolute atomic E-state index is 0.0217. The van der Waals surface area contributed by atoms with E-state index in [0.717, 1.165) is 11.8 Å². The lowest BCUT2D eigenvalue weighted by atomic mass is 9.69. The average Bonchev–Trinajstić information content (AvgIpc) is 3.59. The third-order valence-electron chi connectivity index (χ3n) is 6.46. The Morgan fingerprint density at radius 3 is 2.85 bits per heavy atom. The first-order chi connectivity index (χ1) is 19.1. The average molecular weight is 578 g/mol. The highest BCUT2D eigenvalue weighted by Crippen LogP contribution is 2.50. The molecule has 1 aliphatic heterocycles. The zero-order chi connectivity index (χ0) is 28.6. The van der Waals surface area contributed by atoms with Gasteiger partial charge in [-0.2, -0.15) is 5.26 Å². The molecule has 0 fully saturated rings. The van der Waals surface area contributed by atoms with E-state index in [1.54, 1.807) is 23.1 Å². The lowest BCUT2D eigenvalue weighted by molar-refractivity contribution is -0.384. The van der Waals surface area contributed by atoms with Gasteiger partial charge in [-0.1, -0.05) is 43.0 Å². The van der Waals surface area contributed by atoms with E-state index in [1.165, 1.54) is 35.8 Å². The summed E-state index contributed by atoms with van der Waals surface area (Å²) in [6.07, 6.45) is 2.32. The Labute approximate surface area is 236 Å². The van der Waals surface area contributed by atoms with Crippen molar-refractivity contribution in [2.45, 2.75) is 36.9 Å². The number of nitrogens with two attached hydrogens (primary N) is 1. The Bertz CT molecular complexity index is 1620. The van der Waals surface area contributed by atoms with E-state index in [1.807, 2.05) is 13.8 Å². The maximum Gasteiger partial charge on any atom is 0.271 e. The van der Waals surface area contributed by atoms with Crippen LogP contribution in [0, 0.1) is 26.9 Å². The summed E-state index contributed by atoms with van der Waals surface area (Å²) in [5.41, 5.74) is 7.69. The largest absolute Gasteiger partial charge is 0.468 e. The van der Waals surface area contributed by atoms with Crippen LogP contribution in [0.3, 0.4) is 0 Å². The molecule has 14 heteroatoms. The molecule has 1 unspecified atom stereocenters. The molecule has 0 bridgehead atoms. The van der Waals surface area contributed by atoms with Crippen molar-refractivity contribution < 1.29 is 18.9 Å². The zero-order valence-corrected chi connectivity index (χ0v) is 23.0. The highest BCUT2D eigenvalue weighted by molar-refractivity contribution is 8.01. The number of rotatable bonds is 7. The second-order valence-electron chi connectivity index (χ2n) is 9.99. The molecular formula is C26H23N7O5S2. The Kier molecular flexibility index (Phi) is 7.17. The van der Waals surface area contributed by atoms with Gasteiger partial charge in [-0.05, 0) is 30.0 Å². The van der Waals surface area contributed by atoms with Crippen LogP contribution in [-0.4, -0.2) is 32.6 Å². The lowest BCUT2D eigenvalue weighted by Crippen LogP contribution is -2.42. The molecule has 40 heavy (non-hydrogen) atoms. The molecule has 1 amide bonds. The number of benzene rings is 1. The third-order valence-corrected chi connectivity index (χ3v) is 8.50. The number of Topliss-reactive ketones (excluding diaryl/α,β-unsaturated/α-hetero) is 1. The first-order valence-corrected chi connectivity index (χ1v) is 13.9. The molecule has 3 heterocycles. The molecule has 2 aromatic heterocycles. The number of nitrogens with zero attached hydrogens (tertiary/aromatic N) is 5. The van der Waals surface area contributed by atoms with Gasteiger partial charge >= 0.3 is 0 Å². The van der Waals surface area contributed by atoms with Crippen LogP contribution < -0.4 is 16.0 Å². The molecule has 0 radical (unpaired) electrons. The summed E-state index contributed by atoms with van der Waals surface area (Å²) in [5.74, 6) is -0.597. The van der Waals surface area contributed by atoms with Gasteiger partial charge in [0, 0.05) is 35.5 Å². The smallest absolute Gasteiger partial charge is 0.271 e. The van der Waals surface area contributed by atoms with Gasteiger partial charge < -0.3 is 15.5 Å². The summed E-state index contributed by atoms with van der Waals surface area (Å²) in [5, 5.41) is 32.5. The Morgan fingerprint density at radius 2 is 2.15 bits per heavy atom. The minimum Gasteiger partial charge on any atom is -0.468 e. The van der Waals surface area contributed by atoms with Crippen molar-refractivity contribution in [1.29, 1.82) is 5.26 Å². The van der Waals surface area contributed by atoms with Gasteiger partial charge in [0.1, 0.15) is 11.6 Å². The van der Waals surface area contributed by atoms with Gasteiger partial charge in [-0.25, -0.2) is 0 Å². The number of nitro benzene ring substituents is 1. The van der Waals surface area contributed by atoms with Gasteiger partial charge in [-0.15, -0.1) is 10.2 Å². The number of furan rings is 1. The second-order valence-corrected chi connectivity index (χ2v) is 12.2. The summed E-state index contributed by atoms with van der Waals surface area (Å²) in [6.45, 7) is 3.99. The summed E-state index contributed by atoms with van der Waals surface area (Å²) < 4.78 is 6.08. The number of thioether (sulfide) groups is 1. The van der Waals surface area contributed by atoms with E-state index >= 15 is 0 Å².